The number of aromatic amines is 1. The molecule has 26 heavy (non-hydrogen) atoms. The molecule has 0 radical (unpaired) electrons. The van der Waals surface area contributed by atoms with Crippen LogP contribution >= 0.6 is 0 Å². The molecule has 4 heterocycles. The van der Waals surface area contributed by atoms with Crippen molar-refractivity contribution < 1.29 is 24.4 Å². The Kier molecular flexibility index (Phi) is 4.54. The van der Waals surface area contributed by atoms with Gasteiger partial charge in [-0.15, -0.1) is 0 Å². The molecule has 1 spiro atoms. The van der Waals surface area contributed by atoms with Crippen molar-refractivity contribution in [2.24, 2.45) is 0 Å². The fraction of sp³-hybridized carbons (Fsp3) is 0.611. The number of amides is 3. The fourth-order valence-electron chi connectivity index (χ4n) is 4.29. The van der Waals surface area contributed by atoms with Crippen LogP contribution < -0.4 is 25.0 Å². The minimum atomic E-state index is -0.642. The van der Waals surface area contributed by atoms with Crippen LogP contribution in [0.5, 0.6) is 0 Å². The summed E-state index contributed by atoms with van der Waals surface area (Å²) in [6.07, 6.45) is 3.42. The first-order valence-corrected chi connectivity index (χ1v) is 9.58. The Balaban J connectivity index is 1.35. The summed E-state index contributed by atoms with van der Waals surface area (Å²) in [5.41, 5.74) is -0.642. The lowest BCUT2D eigenvalue weighted by atomic mass is 9.88. The third-order valence-corrected chi connectivity index (χ3v) is 6.09. The van der Waals surface area contributed by atoms with E-state index in [9.17, 15) is 9.59 Å². The predicted octanol–water partition coefficient (Wildman–Crippen LogP) is -3.24. The number of H-pyrrole nitrogens is 1. The topological polar surface area (TPSA) is 75.7 Å². The highest BCUT2D eigenvalue weighted by atomic mass is 16.2. The zero-order valence-corrected chi connectivity index (χ0v) is 15.4. The standard InChI is InChI=1S/C18H26N6O2/c1-21-8-5-18(6-9-21)16(25)24(17(26)20-18)14-22-10-12-23(13-11-22)15-4-2-3-7-19-15/h2-4,7H,5-6,8-14H2,1H3,(H,20,26)/p+3. The summed E-state index contributed by atoms with van der Waals surface area (Å²) in [4.78, 5) is 35.2. The van der Waals surface area contributed by atoms with Crippen molar-refractivity contribution in [3.8, 4) is 0 Å². The Labute approximate surface area is 153 Å². The Morgan fingerprint density at radius 3 is 2.54 bits per heavy atom. The van der Waals surface area contributed by atoms with Gasteiger partial charge in [-0.1, -0.05) is 6.07 Å². The van der Waals surface area contributed by atoms with Crippen molar-refractivity contribution in [3.63, 3.8) is 0 Å². The molecule has 8 heteroatoms. The summed E-state index contributed by atoms with van der Waals surface area (Å²) < 4.78 is 0. The van der Waals surface area contributed by atoms with Crippen LogP contribution in [-0.2, 0) is 4.79 Å². The number of pyridine rings is 1. The van der Waals surface area contributed by atoms with Crippen LogP contribution in [-0.4, -0.2) is 75.4 Å². The summed E-state index contributed by atoms with van der Waals surface area (Å²) in [6, 6.07) is 5.87. The molecule has 8 nitrogen and oxygen atoms in total. The smallest absolute Gasteiger partial charge is 0.329 e. The van der Waals surface area contributed by atoms with Crippen LogP contribution in [0, 0.1) is 0 Å². The summed E-state index contributed by atoms with van der Waals surface area (Å²) in [6.45, 7) is 6.00. The van der Waals surface area contributed by atoms with Crippen LogP contribution in [0.4, 0.5) is 10.6 Å². The number of nitrogens with zero attached hydrogens (tertiary/aromatic N) is 2. The number of imide groups is 1. The fourth-order valence-corrected chi connectivity index (χ4v) is 4.29. The predicted molar refractivity (Wildman–Crippen MR) is 94.7 cm³/mol. The molecule has 0 saturated carbocycles. The molecule has 4 N–H and O–H groups in total. The average molecular weight is 361 g/mol. The van der Waals surface area contributed by atoms with Gasteiger partial charge in [-0.3, -0.25) is 9.69 Å². The zero-order chi connectivity index (χ0) is 18.1. The molecule has 0 bridgehead atoms. The maximum Gasteiger partial charge on any atom is 0.329 e. The summed E-state index contributed by atoms with van der Waals surface area (Å²) >= 11 is 0. The number of piperazine rings is 1. The number of anilines is 1. The minimum Gasteiger partial charge on any atom is -0.337 e. The van der Waals surface area contributed by atoms with E-state index in [4.69, 9.17) is 0 Å². The van der Waals surface area contributed by atoms with Crippen molar-refractivity contribution in [2.75, 3.05) is 57.9 Å². The minimum absolute atomic E-state index is 0.0127. The Hall–Kier alpha value is -2.19. The molecule has 3 saturated heterocycles. The molecule has 1 aromatic rings. The number of hydrogen-bond acceptors (Lipinski definition) is 3. The van der Waals surface area contributed by atoms with Crippen molar-refractivity contribution >= 4 is 17.8 Å². The molecule has 0 atom stereocenters. The molecule has 0 unspecified atom stereocenters. The number of carbonyl (C=O) groups excluding carboxylic acids is 2. The van der Waals surface area contributed by atoms with Gasteiger partial charge in [0.2, 0.25) is 0 Å². The number of aromatic nitrogens is 1. The van der Waals surface area contributed by atoms with E-state index in [1.807, 2.05) is 18.3 Å². The summed E-state index contributed by atoms with van der Waals surface area (Å²) in [7, 11) is 2.14. The first-order valence-electron chi connectivity index (χ1n) is 9.58. The van der Waals surface area contributed by atoms with Gasteiger partial charge < -0.3 is 15.1 Å². The molecule has 0 aliphatic carbocycles. The lowest BCUT2D eigenvalue weighted by Gasteiger charge is -2.33. The third kappa shape index (κ3) is 3.14. The third-order valence-electron chi connectivity index (χ3n) is 6.09. The van der Waals surface area contributed by atoms with Gasteiger partial charge in [-0.05, 0) is 6.07 Å². The molecule has 3 aliphatic rings. The van der Waals surface area contributed by atoms with E-state index < -0.39 is 5.54 Å². The number of nitrogens with one attached hydrogen (secondary N) is 4. The van der Waals surface area contributed by atoms with E-state index in [0.717, 1.165) is 57.9 Å². The first-order chi connectivity index (χ1) is 12.6. The highest BCUT2D eigenvalue weighted by Crippen LogP contribution is 2.25. The molecule has 1 aromatic heterocycles. The van der Waals surface area contributed by atoms with E-state index in [-0.39, 0.29) is 11.9 Å². The number of piperidine rings is 1. The number of likely N-dealkylation sites (tertiary alicyclic amines) is 1. The monoisotopic (exact) mass is 361 g/mol. The van der Waals surface area contributed by atoms with Crippen LogP contribution in [0.3, 0.4) is 0 Å². The highest BCUT2D eigenvalue weighted by molar-refractivity contribution is 6.06. The van der Waals surface area contributed by atoms with Crippen molar-refractivity contribution in [1.29, 1.82) is 0 Å². The maximum atomic E-state index is 13.0. The van der Waals surface area contributed by atoms with Crippen LogP contribution in [0.1, 0.15) is 12.8 Å². The lowest BCUT2D eigenvalue weighted by Crippen LogP contribution is -3.16. The number of urea groups is 1. The van der Waals surface area contributed by atoms with Gasteiger partial charge in [0.25, 0.3) is 11.7 Å². The van der Waals surface area contributed by atoms with Crippen molar-refractivity contribution in [3.05, 3.63) is 24.4 Å². The van der Waals surface area contributed by atoms with Gasteiger partial charge in [-0.25, -0.2) is 14.7 Å². The van der Waals surface area contributed by atoms with E-state index >= 15 is 0 Å². The Bertz CT molecular complexity index is 666. The second kappa shape index (κ2) is 6.85. The second-order valence-corrected chi connectivity index (χ2v) is 7.85. The normalized spacial score (nSPS) is 30.1. The van der Waals surface area contributed by atoms with Gasteiger partial charge in [-0.2, -0.15) is 0 Å². The number of quaternary nitrogens is 2. The molecule has 140 valence electrons. The molecule has 4 rings (SSSR count). The maximum absolute atomic E-state index is 13.0. The van der Waals surface area contributed by atoms with Crippen molar-refractivity contribution in [2.45, 2.75) is 18.4 Å². The van der Waals surface area contributed by atoms with E-state index in [1.54, 1.807) is 0 Å². The average Bonchev–Trinajstić information content (AvgIpc) is 2.90. The van der Waals surface area contributed by atoms with Crippen LogP contribution in [0.25, 0.3) is 0 Å². The van der Waals surface area contributed by atoms with Gasteiger partial charge in [0, 0.05) is 18.9 Å². The van der Waals surface area contributed by atoms with Gasteiger partial charge in [0.1, 0.15) is 31.7 Å². The Morgan fingerprint density at radius 1 is 1.15 bits per heavy atom. The molecular formula is C18H29N6O2+3. The second-order valence-electron chi connectivity index (χ2n) is 7.85. The van der Waals surface area contributed by atoms with E-state index in [2.05, 4.69) is 28.3 Å². The number of hydrogen-bond donors (Lipinski definition) is 3. The first kappa shape index (κ1) is 17.2. The quantitative estimate of drug-likeness (QED) is 0.496. The van der Waals surface area contributed by atoms with Crippen LogP contribution in [0.15, 0.2) is 24.4 Å². The number of carbonyl (C=O) groups is 2. The molecule has 3 aliphatic heterocycles. The highest BCUT2D eigenvalue weighted by Gasteiger charge is 2.54. The van der Waals surface area contributed by atoms with Gasteiger partial charge in [0.05, 0.1) is 26.3 Å². The molecule has 3 amide bonds. The molecule has 0 aromatic carbocycles. The van der Waals surface area contributed by atoms with E-state index in [0.29, 0.717) is 6.67 Å². The summed E-state index contributed by atoms with van der Waals surface area (Å²) in [5, 5.41) is 3.01. The zero-order valence-electron chi connectivity index (χ0n) is 15.4. The van der Waals surface area contributed by atoms with Crippen molar-refractivity contribution in [1.82, 2.24) is 10.2 Å². The van der Waals surface area contributed by atoms with Gasteiger partial charge >= 0.3 is 6.03 Å². The Morgan fingerprint density at radius 2 is 1.88 bits per heavy atom. The largest absolute Gasteiger partial charge is 0.337 e. The SMILES string of the molecule is C[NH+]1CCC2(CC1)NC(=O)N(C[NH+]1CCN(c3cccc[nH+]3)CC1)C2=O. The van der Waals surface area contributed by atoms with E-state index in [1.165, 1.54) is 14.7 Å². The van der Waals surface area contributed by atoms with Gasteiger partial charge in [0.15, 0.2) is 6.67 Å². The van der Waals surface area contributed by atoms with Crippen LogP contribution in [0.2, 0.25) is 0 Å². The number of rotatable bonds is 3. The summed E-state index contributed by atoms with van der Waals surface area (Å²) in [5.74, 6) is 1.11. The lowest BCUT2D eigenvalue weighted by molar-refractivity contribution is -0.908. The molecular weight excluding hydrogens is 332 g/mol. The molecule has 3 fully saturated rings.